The molecule has 0 radical (unpaired) electrons. The molecular weight excluding hydrogens is 290 g/mol. The van der Waals surface area contributed by atoms with Gasteiger partial charge in [-0.15, -0.1) is 0 Å². The third-order valence-corrected chi connectivity index (χ3v) is 3.52. The van der Waals surface area contributed by atoms with E-state index in [2.05, 4.69) is 26.1 Å². The second kappa shape index (κ2) is 6.44. The van der Waals surface area contributed by atoms with Crippen LogP contribution in [0.2, 0.25) is 0 Å². The molecular formula is C18H17N3O2. The summed E-state index contributed by atoms with van der Waals surface area (Å²) in [6, 6.07) is 16.0. The van der Waals surface area contributed by atoms with Gasteiger partial charge in [0.2, 0.25) is 5.95 Å². The van der Waals surface area contributed by atoms with E-state index >= 15 is 0 Å². The number of ether oxygens (including phenoxy) is 1. The molecule has 0 fully saturated rings. The molecule has 5 heteroatoms. The maximum atomic E-state index is 11.3. The molecule has 1 aromatic heterocycles. The van der Waals surface area contributed by atoms with Crippen molar-refractivity contribution in [3.63, 3.8) is 0 Å². The first kappa shape index (κ1) is 15.0. The van der Waals surface area contributed by atoms with Crippen molar-refractivity contribution in [2.24, 2.45) is 0 Å². The van der Waals surface area contributed by atoms with Gasteiger partial charge in [0.15, 0.2) is 0 Å². The van der Waals surface area contributed by atoms with E-state index in [0.29, 0.717) is 5.95 Å². The number of esters is 1. The monoisotopic (exact) mass is 307 g/mol. The second-order valence-electron chi connectivity index (χ2n) is 5.21. The molecule has 0 aliphatic carbocycles. The fraction of sp³-hybridized carbons (Fsp3) is 0.167. The Hall–Kier alpha value is -2.95. The van der Waals surface area contributed by atoms with Crippen LogP contribution in [0.3, 0.4) is 0 Å². The van der Waals surface area contributed by atoms with E-state index in [1.54, 1.807) is 0 Å². The van der Waals surface area contributed by atoms with Gasteiger partial charge in [0.25, 0.3) is 0 Å². The lowest BCUT2D eigenvalue weighted by molar-refractivity contribution is -0.138. The normalized spacial score (nSPS) is 10.5. The number of fused-ring (bicyclic) bond motifs is 1. The van der Waals surface area contributed by atoms with E-state index in [9.17, 15) is 4.79 Å². The van der Waals surface area contributed by atoms with E-state index in [1.165, 1.54) is 7.11 Å². The summed E-state index contributed by atoms with van der Waals surface area (Å²) >= 11 is 0. The van der Waals surface area contributed by atoms with E-state index in [0.717, 1.165) is 27.7 Å². The Morgan fingerprint density at radius 1 is 1.13 bits per heavy atom. The molecule has 0 saturated carbocycles. The van der Waals surface area contributed by atoms with Crippen LogP contribution in [0.25, 0.3) is 22.2 Å². The zero-order valence-corrected chi connectivity index (χ0v) is 13.0. The van der Waals surface area contributed by atoms with Crippen LogP contribution in [0.5, 0.6) is 0 Å². The van der Waals surface area contributed by atoms with Crippen LogP contribution in [0.15, 0.2) is 48.5 Å². The topological polar surface area (TPSA) is 64.1 Å². The van der Waals surface area contributed by atoms with Crippen LogP contribution in [0, 0.1) is 6.92 Å². The molecule has 23 heavy (non-hydrogen) atoms. The number of nitrogens with zero attached hydrogens (tertiary/aromatic N) is 2. The fourth-order valence-electron chi connectivity index (χ4n) is 2.36. The SMILES string of the molecule is COC(=O)CNc1nc(-c2ccccc2)c2cc(C)ccc2n1. The van der Waals surface area contributed by atoms with Crippen molar-refractivity contribution in [2.75, 3.05) is 19.0 Å². The smallest absolute Gasteiger partial charge is 0.325 e. The summed E-state index contributed by atoms with van der Waals surface area (Å²) < 4.78 is 4.63. The summed E-state index contributed by atoms with van der Waals surface area (Å²) in [7, 11) is 1.35. The highest BCUT2D eigenvalue weighted by atomic mass is 16.5. The summed E-state index contributed by atoms with van der Waals surface area (Å²) in [5.41, 5.74) is 3.82. The minimum atomic E-state index is -0.362. The second-order valence-corrected chi connectivity index (χ2v) is 5.21. The van der Waals surface area contributed by atoms with E-state index in [1.807, 2.05) is 49.4 Å². The van der Waals surface area contributed by atoms with Crippen LogP contribution >= 0.6 is 0 Å². The number of aryl methyl sites for hydroxylation is 1. The Morgan fingerprint density at radius 3 is 2.65 bits per heavy atom. The van der Waals surface area contributed by atoms with Gasteiger partial charge in [-0.05, 0) is 19.1 Å². The molecule has 0 aliphatic heterocycles. The highest BCUT2D eigenvalue weighted by Gasteiger charge is 2.11. The Balaban J connectivity index is 2.11. The highest BCUT2D eigenvalue weighted by Crippen LogP contribution is 2.27. The lowest BCUT2D eigenvalue weighted by Crippen LogP contribution is -2.16. The van der Waals surface area contributed by atoms with Gasteiger partial charge in [-0.1, -0.05) is 42.0 Å². The van der Waals surface area contributed by atoms with Crippen molar-refractivity contribution in [1.82, 2.24) is 9.97 Å². The Kier molecular flexibility index (Phi) is 4.19. The van der Waals surface area contributed by atoms with Gasteiger partial charge >= 0.3 is 5.97 Å². The minimum absolute atomic E-state index is 0.0299. The van der Waals surface area contributed by atoms with Crippen molar-refractivity contribution < 1.29 is 9.53 Å². The van der Waals surface area contributed by atoms with Crippen molar-refractivity contribution in [3.05, 3.63) is 54.1 Å². The number of carbonyl (C=O) groups is 1. The maximum Gasteiger partial charge on any atom is 0.325 e. The summed E-state index contributed by atoms with van der Waals surface area (Å²) in [5.74, 6) is 0.0458. The zero-order chi connectivity index (χ0) is 16.2. The molecule has 0 aliphatic rings. The molecule has 3 aromatic rings. The van der Waals surface area contributed by atoms with Gasteiger partial charge in [0.1, 0.15) is 6.54 Å². The molecule has 0 bridgehead atoms. The Labute approximate surface area is 134 Å². The average molecular weight is 307 g/mol. The van der Waals surface area contributed by atoms with E-state index in [-0.39, 0.29) is 12.5 Å². The molecule has 116 valence electrons. The standard InChI is InChI=1S/C18H17N3O2/c1-12-8-9-15-14(10-12)17(13-6-4-3-5-7-13)21-18(20-15)19-11-16(22)23-2/h3-10H,11H2,1-2H3,(H,19,20,21). The zero-order valence-electron chi connectivity index (χ0n) is 13.0. The summed E-state index contributed by atoms with van der Waals surface area (Å²) in [4.78, 5) is 20.4. The van der Waals surface area contributed by atoms with Crippen LogP contribution in [-0.4, -0.2) is 29.6 Å². The Bertz CT molecular complexity index is 848. The minimum Gasteiger partial charge on any atom is -0.468 e. The fourth-order valence-corrected chi connectivity index (χ4v) is 2.36. The lowest BCUT2D eigenvalue weighted by atomic mass is 10.0. The molecule has 5 nitrogen and oxygen atoms in total. The van der Waals surface area contributed by atoms with E-state index in [4.69, 9.17) is 0 Å². The van der Waals surface area contributed by atoms with Crippen molar-refractivity contribution in [2.45, 2.75) is 6.92 Å². The predicted octanol–water partition coefficient (Wildman–Crippen LogP) is 3.19. The molecule has 0 atom stereocenters. The van der Waals surface area contributed by atoms with Crippen LogP contribution in [-0.2, 0) is 9.53 Å². The van der Waals surface area contributed by atoms with Gasteiger partial charge in [0.05, 0.1) is 18.3 Å². The number of rotatable bonds is 4. The largest absolute Gasteiger partial charge is 0.468 e. The number of carbonyl (C=O) groups excluding carboxylic acids is 1. The predicted molar refractivity (Wildman–Crippen MR) is 90.2 cm³/mol. The number of aromatic nitrogens is 2. The first-order chi connectivity index (χ1) is 11.2. The van der Waals surface area contributed by atoms with E-state index < -0.39 is 0 Å². The lowest BCUT2D eigenvalue weighted by Gasteiger charge is -2.10. The molecule has 3 rings (SSSR count). The van der Waals surface area contributed by atoms with Gasteiger partial charge in [0, 0.05) is 10.9 Å². The molecule has 2 aromatic carbocycles. The summed E-state index contributed by atoms with van der Waals surface area (Å²) in [6.45, 7) is 2.07. The molecule has 0 spiro atoms. The number of hydrogen-bond donors (Lipinski definition) is 1. The molecule has 1 N–H and O–H groups in total. The molecule has 1 heterocycles. The van der Waals surface area contributed by atoms with Crippen molar-refractivity contribution in [3.8, 4) is 11.3 Å². The summed E-state index contributed by atoms with van der Waals surface area (Å²) in [6.07, 6.45) is 0. The van der Waals surface area contributed by atoms with Crippen LogP contribution < -0.4 is 5.32 Å². The van der Waals surface area contributed by atoms with Crippen LogP contribution in [0.4, 0.5) is 5.95 Å². The third kappa shape index (κ3) is 3.29. The molecule has 0 saturated heterocycles. The number of benzene rings is 2. The number of hydrogen-bond acceptors (Lipinski definition) is 5. The molecule has 0 unspecified atom stereocenters. The number of nitrogens with one attached hydrogen (secondary N) is 1. The maximum absolute atomic E-state index is 11.3. The number of methoxy groups -OCH3 is 1. The molecule has 0 amide bonds. The van der Waals surface area contributed by atoms with Gasteiger partial charge in [-0.25, -0.2) is 9.97 Å². The Morgan fingerprint density at radius 2 is 1.91 bits per heavy atom. The first-order valence-electron chi connectivity index (χ1n) is 7.32. The third-order valence-electron chi connectivity index (χ3n) is 3.52. The van der Waals surface area contributed by atoms with Gasteiger partial charge in [-0.2, -0.15) is 0 Å². The first-order valence-corrected chi connectivity index (χ1v) is 7.32. The van der Waals surface area contributed by atoms with Crippen LogP contribution in [0.1, 0.15) is 5.56 Å². The van der Waals surface area contributed by atoms with Crippen molar-refractivity contribution >= 4 is 22.8 Å². The van der Waals surface area contributed by atoms with Gasteiger partial charge in [-0.3, -0.25) is 4.79 Å². The van der Waals surface area contributed by atoms with Crippen molar-refractivity contribution in [1.29, 1.82) is 0 Å². The quantitative estimate of drug-likeness (QED) is 0.750. The average Bonchev–Trinajstić information content (AvgIpc) is 2.59. The van der Waals surface area contributed by atoms with Gasteiger partial charge < -0.3 is 10.1 Å². The number of anilines is 1. The summed E-state index contributed by atoms with van der Waals surface area (Å²) in [5, 5.41) is 3.90. The highest BCUT2D eigenvalue weighted by molar-refractivity contribution is 5.93.